The lowest BCUT2D eigenvalue weighted by Crippen LogP contribution is -2.54. The standard InChI is InChI=1S/C9H18O5/c1-3-5(2)14-9-8(12)7(11)6(10)4-13-9/h5-12H,3-4H2,1-2H3/t5?,6-,7+,8-,9-/m1/s1. The van der Waals surface area contributed by atoms with E-state index in [0.717, 1.165) is 6.42 Å². The highest BCUT2D eigenvalue weighted by molar-refractivity contribution is 4.82. The summed E-state index contributed by atoms with van der Waals surface area (Å²) in [5, 5.41) is 28.0. The maximum absolute atomic E-state index is 9.49. The van der Waals surface area contributed by atoms with E-state index in [1.165, 1.54) is 0 Å². The predicted octanol–water partition coefficient (Wildman–Crippen LogP) is -0.760. The maximum atomic E-state index is 9.49. The fourth-order valence-electron chi connectivity index (χ4n) is 1.22. The zero-order valence-corrected chi connectivity index (χ0v) is 8.46. The molecule has 84 valence electrons. The fourth-order valence-corrected chi connectivity index (χ4v) is 1.22. The highest BCUT2D eigenvalue weighted by Crippen LogP contribution is 2.18. The second-order valence-electron chi connectivity index (χ2n) is 3.61. The molecule has 3 N–H and O–H groups in total. The van der Waals surface area contributed by atoms with E-state index in [1.54, 1.807) is 0 Å². The molecule has 0 radical (unpaired) electrons. The Morgan fingerprint density at radius 3 is 2.57 bits per heavy atom. The van der Waals surface area contributed by atoms with Gasteiger partial charge in [-0.2, -0.15) is 0 Å². The molecule has 1 aliphatic heterocycles. The first kappa shape index (κ1) is 11.9. The van der Waals surface area contributed by atoms with Crippen LogP contribution in [0.2, 0.25) is 0 Å². The molecule has 1 aliphatic rings. The molecule has 1 unspecified atom stereocenters. The van der Waals surface area contributed by atoms with Gasteiger partial charge in [0.2, 0.25) is 0 Å². The molecule has 5 atom stereocenters. The van der Waals surface area contributed by atoms with Crippen LogP contribution in [0.3, 0.4) is 0 Å². The van der Waals surface area contributed by atoms with Crippen molar-refractivity contribution in [3.8, 4) is 0 Å². The Kier molecular flexibility index (Phi) is 4.28. The molecule has 1 rings (SSSR count). The summed E-state index contributed by atoms with van der Waals surface area (Å²) in [6.07, 6.45) is -3.52. The van der Waals surface area contributed by atoms with Gasteiger partial charge in [-0.15, -0.1) is 0 Å². The minimum Gasteiger partial charge on any atom is -0.388 e. The maximum Gasteiger partial charge on any atom is 0.186 e. The van der Waals surface area contributed by atoms with E-state index in [-0.39, 0.29) is 12.7 Å². The van der Waals surface area contributed by atoms with Gasteiger partial charge in [-0.3, -0.25) is 0 Å². The predicted molar refractivity (Wildman–Crippen MR) is 48.6 cm³/mol. The third kappa shape index (κ3) is 2.65. The molecule has 1 saturated heterocycles. The summed E-state index contributed by atoms with van der Waals surface area (Å²) in [5.41, 5.74) is 0. The Labute approximate surface area is 83.3 Å². The lowest BCUT2D eigenvalue weighted by molar-refractivity contribution is -0.280. The number of aliphatic hydroxyl groups is 3. The van der Waals surface area contributed by atoms with Crippen LogP contribution in [-0.4, -0.2) is 52.6 Å². The molecule has 0 bridgehead atoms. The molecule has 0 aromatic rings. The SMILES string of the molecule is CCC(C)O[C@H]1OC[C@@H](O)[C@H](O)[C@H]1O. The van der Waals surface area contributed by atoms with Gasteiger partial charge < -0.3 is 24.8 Å². The van der Waals surface area contributed by atoms with Gasteiger partial charge in [0.05, 0.1) is 12.7 Å². The van der Waals surface area contributed by atoms with Crippen molar-refractivity contribution in [2.75, 3.05) is 6.61 Å². The van der Waals surface area contributed by atoms with Crippen LogP contribution < -0.4 is 0 Å². The Morgan fingerprint density at radius 1 is 1.36 bits per heavy atom. The van der Waals surface area contributed by atoms with Gasteiger partial charge in [-0.25, -0.2) is 0 Å². The first-order valence-electron chi connectivity index (χ1n) is 4.87. The molecular formula is C9H18O5. The molecule has 0 aliphatic carbocycles. The van der Waals surface area contributed by atoms with E-state index in [4.69, 9.17) is 14.6 Å². The minimum absolute atomic E-state index is 0.0146. The van der Waals surface area contributed by atoms with E-state index >= 15 is 0 Å². The molecule has 0 aromatic heterocycles. The molecule has 5 heteroatoms. The zero-order valence-electron chi connectivity index (χ0n) is 8.46. The van der Waals surface area contributed by atoms with Crippen molar-refractivity contribution in [1.29, 1.82) is 0 Å². The van der Waals surface area contributed by atoms with E-state index < -0.39 is 24.6 Å². The van der Waals surface area contributed by atoms with Crippen molar-refractivity contribution >= 4 is 0 Å². The summed E-state index contributed by atoms with van der Waals surface area (Å²) in [4.78, 5) is 0. The number of ether oxygens (including phenoxy) is 2. The smallest absolute Gasteiger partial charge is 0.186 e. The second-order valence-corrected chi connectivity index (χ2v) is 3.61. The van der Waals surface area contributed by atoms with Crippen molar-refractivity contribution in [2.45, 2.75) is 51.0 Å². The van der Waals surface area contributed by atoms with E-state index in [2.05, 4.69) is 0 Å². The number of rotatable bonds is 3. The third-order valence-corrected chi connectivity index (χ3v) is 2.40. The van der Waals surface area contributed by atoms with Crippen LogP contribution in [0.1, 0.15) is 20.3 Å². The van der Waals surface area contributed by atoms with Gasteiger partial charge in [-0.05, 0) is 13.3 Å². The van der Waals surface area contributed by atoms with Gasteiger partial charge in [-0.1, -0.05) is 6.92 Å². The lowest BCUT2D eigenvalue weighted by atomic mass is 10.1. The van der Waals surface area contributed by atoms with Crippen molar-refractivity contribution < 1.29 is 24.8 Å². The highest BCUT2D eigenvalue weighted by atomic mass is 16.7. The molecular weight excluding hydrogens is 188 g/mol. The first-order valence-corrected chi connectivity index (χ1v) is 4.87. The van der Waals surface area contributed by atoms with Gasteiger partial charge >= 0.3 is 0 Å². The summed E-state index contributed by atoms with van der Waals surface area (Å²) >= 11 is 0. The molecule has 1 fully saturated rings. The molecule has 0 amide bonds. The highest BCUT2D eigenvalue weighted by Gasteiger charge is 2.38. The zero-order chi connectivity index (χ0) is 10.7. The molecule has 0 saturated carbocycles. The van der Waals surface area contributed by atoms with Crippen LogP contribution in [-0.2, 0) is 9.47 Å². The van der Waals surface area contributed by atoms with Crippen molar-refractivity contribution in [2.24, 2.45) is 0 Å². The fraction of sp³-hybridized carbons (Fsp3) is 1.00. The van der Waals surface area contributed by atoms with Crippen LogP contribution >= 0.6 is 0 Å². The quantitative estimate of drug-likeness (QED) is 0.565. The molecule has 1 heterocycles. The van der Waals surface area contributed by atoms with Gasteiger partial charge in [0.25, 0.3) is 0 Å². The average molecular weight is 206 g/mol. The summed E-state index contributed by atoms with van der Waals surface area (Å²) in [6.45, 7) is 3.79. The van der Waals surface area contributed by atoms with Crippen molar-refractivity contribution in [3.05, 3.63) is 0 Å². The van der Waals surface area contributed by atoms with Crippen LogP contribution in [0.25, 0.3) is 0 Å². The Morgan fingerprint density at radius 2 is 2.00 bits per heavy atom. The van der Waals surface area contributed by atoms with E-state index in [9.17, 15) is 10.2 Å². The minimum atomic E-state index is -1.20. The summed E-state index contributed by atoms with van der Waals surface area (Å²) < 4.78 is 10.4. The van der Waals surface area contributed by atoms with Crippen molar-refractivity contribution in [3.63, 3.8) is 0 Å². The number of aliphatic hydroxyl groups excluding tert-OH is 3. The normalized spacial score (nSPS) is 40.9. The average Bonchev–Trinajstić information content (AvgIpc) is 2.19. The lowest BCUT2D eigenvalue weighted by Gasteiger charge is -2.36. The number of hydrogen-bond donors (Lipinski definition) is 3. The van der Waals surface area contributed by atoms with Gasteiger partial charge in [0, 0.05) is 0 Å². The largest absolute Gasteiger partial charge is 0.388 e. The molecule has 14 heavy (non-hydrogen) atoms. The van der Waals surface area contributed by atoms with Gasteiger partial charge in [0.1, 0.15) is 18.3 Å². The summed E-state index contributed by atoms with van der Waals surface area (Å²) in [6, 6.07) is 0. The van der Waals surface area contributed by atoms with E-state index in [1.807, 2.05) is 13.8 Å². The Balaban J connectivity index is 2.46. The van der Waals surface area contributed by atoms with Crippen LogP contribution in [0.5, 0.6) is 0 Å². The molecule has 0 aromatic carbocycles. The van der Waals surface area contributed by atoms with Crippen LogP contribution in [0.4, 0.5) is 0 Å². The Bertz CT molecular complexity index is 175. The molecule has 0 spiro atoms. The first-order chi connectivity index (χ1) is 6.56. The Hall–Kier alpha value is -0.200. The van der Waals surface area contributed by atoms with Crippen LogP contribution in [0.15, 0.2) is 0 Å². The van der Waals surface area contributed by atoms with E-state index in [0.29, 0.717) is 0 Å². The third-order valence-electron chi connectivity index (χ3n) is 2.40. The molecule has 5 nitrogen and oxygen atoms in total. The van der Waals surface area contributed by atoms with Crippen LogP contribution in [0, 0.1) is 0 Å². The van der Waals surface area contributed by atoms with Gasteiger partial charge in [0.15, 0.2) is 6.29 Å². The second kappa shape index (κ2) is 5.04. The number of hydrogen-bond acceptors (Lipinski definition) is 5. The monoisotopic (exact) mass is 206 g/mol. The topological polar surface area (TPSA) is 79.2 Å². The van der Waals surface area contributed by atoms with Crippen molar-refractivity contribution in [1.82, 2.24) is 0 Å². The summed E-state index contributed by atoms with van der Waals surface area (Å²) in [5.74, 6) is 0. The summed E-state index contributed by atoms with van der Waals surface area (Å²) in [7, 11) is 0.